The van der Waals surface area contributed by atoms with Crippen LogP contribution in [0.1, 0.15) is 38.5 Å². The summed E-state index contributed by atoms with van der Waals surface area (Å²) in [6.07, 6.45) is 0. The predicted molar refractivity (Wildman–Crippen MR) is 118 cm³/mol. The fraction of sp³-hybridized carbons (Fsp3) is 0.292. The number of nitrogens with zero attached hydrogens (tertiary/aromatic N) is 2. The first-order valence-electron chi connectivity index (χ1n) is 10.0. The summed E-state index contributed by atoms with van der Waals surface area (Å²) in [6, 6.07) is 12.7. The molecule has 7 nitrogen and oxygen atoms in total. The van der Waals surface area contributed by atoms with Gasteiger partial charge in [0, 0.05) is 18.3 Å². The Morgan fingerprint density at radius 2 is 1.74 bits per heavy atom. The Kier molecular flexibility index (Phi) is 6.74. The van der Waals surface area contributed by atoms with Gasteiger partial charge in [0.15, 0.2) is 0 Å². The molecule has 3 aromatic rings. The van der Waals surface area contributed by atoms with Crippen molar-refractivity contribution in [1.29, 1.82) is 0 Å². The summed E-state index contributed by atoms with van der Waals surface area (Å²) >= 11 is 0. The van der Waals surface area contributed by atoms with Crippen LogP contribution < -0.4 is 10.1 Å². The first-order valence-corrected chi connectivity index (χ1v) is 10.0. The molecular formula is C24H27N3O4. The van der Waals surface area contributed by atoms with Gasteiger partial charge in [-0.2, -0.15) is 0 Å². The van der Waals surface area contributed by atoms with Crippen LogP contribution in [0.25, 0.3) is 0 Å². The van der Waals surface area contributed by atoms with Crippen LogP contribution >= 0.6 is 0 Å². The Labute approximate surface area is 182 Å². The molecule has 0 radical (unpaired) electrons. The summed E-state index contributed by atoms with van der Waals surface area (Å²) in [5.41, 5.74) is 4.84. The maximum Gasteiger partial charge on any atom is 0.254 e. The fourth-order valence-corrected chi connectivity index (χ4v) is 3.28. The highest BCUT2D eigenvalue weighted by Crippen LogP contribution is 2.21. The first kappa shape index (κ1) is 22.1. The van der Waals surface area contributed by atoms with E-state index >= 15 is 0 Å². The Morgan fingerprint density at radius 1 is 1.06 bits per heavy atom. The van der Waals surface area contributed by atoms with Crippen LogP contribution in [0.3, 0.4) is 0 Å². The molecule has 0 aliphatic carbocycles. The average Bonchev–Trinajstić information content (AvgIpc) is 3.06. The summed E-state index contributed by atoms with van der Waals surface area (Å²) < 4.78 is 11.0. The van der Waals surface area contributed by atoms with Crippen molar-refractivity contribution in [3.8, 4) is 5.75 Å². The molecule has 0 unspecified atom stereocenters. The van der Waals surface area contributed by atoms with E-state index in [1.807, 2.05) is 45.9 Å². The third kappa shape index (κ3) is 5.31. The van der Waals surface area contributed by atoms with E-state index in [2.05, 4.69) is 10.5 Å². The lowest BCUT2D eigenvalue weighted by molar-refractivity contribution is -0.116. The third-order valence-corrected chi connectivity index (χ3v) is 5.12. The molecule has 0 saturated carbocycles. The van der Waals surface area contributed by atoms with Crippen LogP contribution in [0.4, 0.5) is 5.69 Å². The van der Waals surface area contributed by atoms with Crippen molar-refractivity contribution in [2.75, 3.05) is 18.9 Å². The molecule has 3 rings (SSSR count). The monoisotopic (exact) mass is 421 g/mol. The number of rotatable bonds is 7. The zero-order chi connectivity index (χ0) is 22.5. The molecule has 0 fully saturated rings. The number of ether oxygens (including phenoxy) is 1. The summed E-state index contributed by atoms with van der Waals surface area (Å²) in [5, 5.41) is 6.81. The van der Waals surface area contributed by atoms with Gasteiger partial charge in [0.05, 0.1) is 17.8 Å². The Bertz CT molecular complexity index is 1060. The van der Waals surface area contributed by atoms with E-state index in [0.717, 1.165) is 28.1 Å². The van der Waals surface area contributed by atoms with Gasteiger partial charge in [0.2, 0.25) is 5.91 Å². The van der Waals surface area contributed by atoms with Crippen molar-refractivity contribution in [2.24, 2.45) is 0 Å². The largest absolute Gasteiger partial charge is 0.489 e. The lowest BCUT2D eigenvalue weighted by Crippen LogP contribution is -2.35. The topological polar surface area (TPSA) is 84.7 Å². The summed E-state index contributed by atoms with van der Waals surface area (Å²) in [5.74, 6) is 0.747. The second kappa shape index (κ2) is 9.47. The van der Waals surface area contributed by atoms with Gasteiger partial charge >= 0.3 is 0 Å². The van der Waals surface area contributed by atoms with Crippen molar-refractivity contribution in [2.45, 2.75) is 34.3 Å². The molecule has 1 N–H and O–H groups in total. The van der Waals surface area contributed by atoms with Gasteiger partial charge in [-0.3, -0.25) is 9.59 Å². The van der Waals surface area contributed by atoms with E-state index in [9.17, 15) is 9.59 Å². The minimum Gasteiger partial charge on any atom is -0.489 e. The molecule has 0 bridgehead atoms. The minimum absolute atomic E-state index is 0.0588. The number of para-hydroxylation sites is 1. The molecule has 7 heteroatoms. The molecule has 0 aliphatic rings. The van der Waals surface area contributed by atoms with E-state index in [1.54, 1.807) is 31.3 Å². The van der Waals surface area contributed by atoms with Gasteiger partial charge in [0.25, 0.3) is 5.91 Å². The van der Waals surface area contributed by atoms with E-state index in [-0.39, 0.29) is 18.4 Å². The van der Waals surface area contributed by atoms with E-state index in [4.69, 9.17) is 9.26 Å². The van der Waals surface area contributed by atoms with Gasteiger partial charge in [-0.05, 0) is 57.0 Å². The van der Waals surface area contributed by atoms with Crippen LogP contribution in [0, 0.1) is 27.7 Å². The quantitative estimate of drug-likeness (QED) is 0.618. The van der Waals surface area contributed by atoms with Crippen molar-refractivity contribution < 1.29 is 18.8 Å². The molecule has 0 saturated heterocycles. The molecule has 2 amide bonds. The van der Waals surface area contributed by atoms with E-state index in [1.165, 1.54) is 4.90 Å². The molecule has 0 aliphatic heterocycles. The van der Waals surface area contributed by atoms with Gasteiger partial charge in [-0.15, -0.1) is 0 Å². The van der Waals surface area contributed by atoms with Crippen molar-refractivity contribution in [3.05, 3.63) is 76.2 Å². The van der Waals surface area contributed by atoms with Crippen LogP contribution in [-0.4, -0.2) is 35.5 Å². The zero-order valence-electron chi connectivity index (χ0n) is 18.5. The fourth-order valence-electron chi connectivity index (χ4n) is 3.28. The lowest BCUT2D eigenvalue weighted by atomic mass is 10.1. The predicted octanol–water partition coefficient (Wildman–Crippen LogP) is 4.20. The Morgan fingerprint density at radius 3 is 2.39 bits per heavy atom. The minimum atomic E-state index is -0.264. The first-order chi connectivity index (χ1) is 14.8. The molecule has 1 heterocycles. The lowest BCUT2D eigenvalue weighted by Gasteiger charge is -2.18. The SMILES string of the molecule is Cc1cccc(C)c1NC(=O)CN(C)C(=O)c1cccc(OCc2c(C)noc2C)c1. The molecule has 162 valence electrons. The number of nitrogens with one attached hydrogen (secondary N) is 1. The van der Waals surface area contributed by atoms with Gasteiger partial charge in [-0.1, -0.05) is 29.4 Å². The third-order valence-electron chi connectivity index (χ3n) is 5.12. The molecule has 0 spiro atoms. The van der Waals surface area contributed by atoms with Gasteiger partial charge < -0.3 is 19.5 Å². The molecule has 2 aromatic carbocycles. The maximum atomic E-state index is 12.8. The molecule has 1 aromatic heterocycles. The normalized spacial score (nSPS) is 10.6. The number of amides is 2. The second-order valence-corrected chi connectivity index (χ2v) is 7.60. The van der Waals surface area contributed by atoms with Gasteiger partial charge in [-0.25, -0.2) is 0 Å². The van der Waals surface area contributed by atoms with E-state index in [0.29, 0.717) is 23.7 Å². The number of aryl methyl sites for hydroxylation is 4. The van der Waals surface area contributed by atoms with Crippen molar-refractivity contribution >= 4 is 17.5 Å². The number of anilines is 1. The second-order valence-electron chi connectivity index (χ2n) is 7.60. The molecular weight excluding hydrogens is 394 g/mol. The number of aromatic nitrogens is 1. The Hall–Kier alpha value is -3.61. The summed E-state index contributed by atoms with van der Waals surface area (Å²) in [7, 11) is 1.60. The highest BCUT2D eigenvalue weighted by Gasteiger charge is 2.17. The smallest absolute Gasteiger partial charge is 0.254 e. The zero-order valence-corrected chi connectivity index (χ0v) is 18.5. The highest BCUT2D eigenvalue weighted by atomic mass is 16.5. The van der Waals surface area contributed by atoms with Crippen LogP contribution in [0.2, 0.25) is 0 Å². The summed E-state index contributed by atoms with van der Waals surface area (Å²) in [6.45, 7) is 7.80. The number of carbonyl (C=O) groups excluding carboxylic acids is 2. The van der Waals surface area contributed by atoms with Crippen LogP contribution in [0.15, 0.2) is 47.0 Å². The van der Waals surface area contributed by atoms with Crippen molar-refractivity contribution in [1.82, 2.24) is 10.1 Å². The number of hydrogen-bond acceptors (Lipinski definition) is 5. The van der Waals surface area contributed by atoms with E-state index < -0.39 is 0 Å². The Balaban J connectivity index is 1.62. The van der Waals surface area contributed by atoms with Gasteiger partial charge in [0.1, 0.15) is 18.1 Å². The maximum absolute atomic E-state index is 12.8. The molecule has 0 atom stereocenters. The van der Waals surface area contributed by atoms with Crippen molar-refractivity contribution in [3.63, 3.8) is 0 Å². The van der Waals surface area contributed by atoms with Crippen LogP contribution in [-0.2, 0) is 11.4 Å². The number of carbonyl (C=O) groups is 2. The number of hydrogen-bond donors (Lipinski definition) is 1. The van der Waals surface area contributed by atoms with Crippen LogP contribution in [0.5, 0.6) is 5.75 Å². The number of likely N-dealkylation sites (N-methyl/N-ethyl adjacent to an activating group) is 1. The summed E-state index contributed by atoms with van der Waals surface area (Å²) in [4.78, 5) is 26.7. The standard InChI is InChI=1S/C24H27N3O4/c1-15-8-6-9-16(2)23(15)25-22(28)13-27(5)24(29)19-10-7-11-20(12-19)30-14-21-17(3)26-31-18(21)4/h6-12H,13-14H2,1-5H3,(H,25,28). The average molecular weight is 421 g/mol. The highest BCUT2D eigenvalue weighted by molar-refractivity contribution is 5.99. The molecule has 31 heavy (non-hydrogen) atoms. The number of benzene rings is 2.